The largest absolute Gasteiger partial charge is 0.398 e. The van der Waals surface area contributed by atoms with Gasteiger partial charge in [0, 0.05) is 16.9 Å². The topological polar surface area (TPSA) is 87.9 Å². The Bertz CT molecular complexity index is 877. The van der Waals surface area contributed by atoms with Crippen LogP contribution in [0.1, 0.15) is 37.7 Å². The maximum Gasteiger partial charge on any atom is 0.148 e. The third kappa shape index (κ3) is 4.39. The average molecular weight is 384 g/mol. The highest BCUT2D eigenvalue weighted by atomic mass is 19.1. The molecule has 0 amide bonds. The summed E-state index contributed by atoms with van der Waals surface area (Å²) in [6.45, 7) is 4.00. The molecule has 3 rings (SSSR count). The molecular weight excluding hydrogens is 358 g/mol. The molecule has 148 valence electrons. The van der Waals surface area contributed by atoms with E-state index in [1.807, 2.05) is 6.08 Å². The molecule has 0 aromatic heterocycles. The molecule has 1 fully saturated rings. The Kier molecular flexibility index (Phi) is 5.79. The number of allylic oxidation sites excluding steroid dienone is 6. The van der Waals surface area contributed by atoms with Crippen molar-refractivity contribution in [2.75, 3.05) is 11.1 Å². The van der Waals surface area contributed by atoms with Crippen LogP contribution >= 0.6 is 0 Å². The number of halogens is 2. The first-order valence-corrected chi connectivity index (χ1v) is 9.44. The molecule has 6 heteroatoms. The highest BCUT2D eigenvalue weighted by Gasteiger charge is 2.32. The van der Waals surface area contributed by atoms with Gasteiger partial charge in [0.25, 0.3) is 0 Å². The number of rotatable bonds is 6. The predicted molar refractivity (Wildman–Crippen MR) is 111 cm³/mol. The van der Waals surface area contributed by atoms with Gasteiger partial charge in [-0.2, -0.15) is 0 Å². The van der Waals surface area contributed by atoms with E-state index in [2.05, 4.69) is 11.9 Å². The first-order valence-electron chi connectivity index (χ1n) is 9.44. The standard InChI is InChI=1S/C22H26F2N4/c1-14(22(27)10-2-3-11-22)28-21-12-17(20(26)13-18(21)24)19(25)9-6-15-4-7-16(23)8-5-15/h4,6-9,12-13,15,25,28H,1-3,5,10-11,26-27H2/b9-6+,25-19?. The summed E-state index contributed by atoms with van der Waals surface area (Å²) in [6, 6.07) is 2.71. The minimum atomic E-state index is -0.544. The number of benzene rings is 1. The van der Waals surface area contributed by atoms with E-state index in [-0.39, 0.29) is 28.8 Å². The summed E-state index contributed by atoms with van der Waals surface area (Å²) in [5, 5.41) is 11.3. The molecule has 28 heavy (non-hydrogen) atoms. The van der Waals surface area contributed by atoms with Gasteiger partial charge in [-0.1, -0.05) is 31.6 Å². The van der Waals surface area contributed by atoms with Gasteiger partial charge < -0.3 is 22.2 Å². The van der Waals surface area contributed by atoms with Crippen LogP contribution in [0.25, 0.3) is 0 Å². The summed E-state index contributed by atoms with van der Waals surface area (Å²) < 4.78 is 27.4. The third-order valence-electron chi connectivity index (χ3n) is 5.41. The van der Waals surface area contributed by atoms with Crippen molar-refractivity contribution in [3.63, 3.8) is 0 Å². The molecule has 0 bridgehead atoms. The van der Waals surface area contributed by atoms with E-state index in [4.69, 9.17) is 16.9 Å². The maximum atomic E-state index is 14.4. The van der Waals surface area contributed by atoms with Crippen LogP contribution in [-0.4, -0.2) is 11.3 Å². The van der Waals surface area contributed by atoms with Crippen molar-refractivity contribution in [1.29, 1.82) is 5.41 Å². The quantitative estimate of drug-likeness (QED) is 0.413. The number of hydrogen-bond donors (Lipinski definition) is 4. The van der Waals surface area contributed by atoms with Gasteiger partial charge >= 0.3 is 0 Å². The van der Waals surface area contributed by atoms with Gasteiger partial charge in [-0.3, -0.25) is 0 Å². The van der Waals surface area contributed by atoms with Crippen LogP contribution in [0.15, 0.2) is 60.6 Å². The van der Waals surface area contributed by atoms with Crippen LogP contribution in [0.2, 0.25) is 0 Å². The molecule has 1 saturated carbocycles. The SMILES string of the molecule is C=C(Nc1cc(C(=N)/C=C/C2C=CC(F)=CC2)c(N)cc1F)C1(N)CCCC1. The molecule has 0 radical (unpaired) electrons. The summed E-state index contributed by atoms with van der Waals surface area (Å²) in [5.74, 6) is -0.756. The van der Waals surface area contributed by atoms with Gasteiger partial charge in [0.2, 0.25) is 0 Å². The maximum absolute atomic E-state index is 14.4. The van der Waals surface area contributed by atoms with Crippen LogP contribution in [-0.2, 0) is 0 Å². The summed E-state index contributed by atoms with van der Waals surface area (Å²) in [7, 11) is 0. The molecule has 2 aliphatic rings. The van der Waals surface area contributed by atoms with E-state index in [1.54, 1.807) is 12.2 Å². The molecule has 1 atom stereocenters. The smallest absolute Gasteiger partial charge is 0.148 e. The van der Waals surface area contributed by atoms with Gasteiger partial charge in [-0.15, -0.1) is 0 Å². The minimum absolute atomic E-state index is 0.0124. The molecule has 2 aliphatic carbocycles. The lowest BCUT2D eigenvalue weighted by Gasteiger charge is -2.27. The lowest BCUT2D eigenvalue weighted by Crippen LogP contribution is -2.41. The third-order valence-corrected chi connectivity index (χ3v) is 5.41. The van der Waals surface area contributed by atoms with Crippen molar-refractivity contribution in [2.45, 2.75) is 37.6 Å². The highest BCUT2D eigenvalue weighted by Crippen LogP contribution is 2.34. The Labute approximate surface area is 164 Å². The summed E-state index contributed by atoms with van der Waals surface area (Å²) >= 11 is 0. The lowest BCUT2D eigenvalue weighted by atomic mass is 9.95. The zero-order valence-corrected chi connectivity index (χ0v) is 15.8. The molecular formula is C22H26F2N4. The van der Waals surface area contributed by atoms with Gasteiger partial charge in [-0.25, -0.2) is 8.78 Å². The van der Waals surface area contributed by atoms with E-state index >= 15 is 0 Å². The normalized spacial score (nSPS) is 21.0. The van der Waals surface area contributed by atoms with Crippen molar-refractivity contribution < 1.29 is 8.78 Å². The first kappa shape index (κ1) is 20.0. The average Bonchev–Trinajstić information content (AvgIpc) is 3.11. The van der Waals surface area contributed by atoms with Crippen LogP contribution in [0.4, 0.5) is 20.2 Å². The molecule has 6 N–H and O–H groups in total. The molecule has 0 heterocycles. The summed E-state index contributed by atoms with van der Waals surface area (Å²) in [6.07, 6.45) is 12.3. The predicted octanol–water partition coefficient (Wildman–Crippen LogP) is 4.96. The molecule has 1 unspecified atom stereocenters. The second-order valence-electron chi connectivity index (χ2n) is 7.51. The van der Waals surface area contributed by atoms with Crippen molar-refractivity contribution in [3.8, 4) is 0 Å². The second kappa shape index (κ2) is 8.10. The Hall–Kier alpha value is -2.73. The van der Waals surface area contributed by atoms with Gasteiger partial charge in [-0.05, 0) is 55.5 Å². The number of anilines is 2. The Morgan fingerprint density at radius 3 is 2.64 bits per heavy atom. The fourth-order valence-corrected chi connectivity index (χ4v) is 3.58. The van der Waals surface area contributed by atoms with Crippen LogP contribution in [0, 0.1) is 17.1 Å². The number of nitrogens with two attached hydrogens (primary N) is 2. The Balaban J connectivity index is 1.76. The molecule has 0 aliphatic heterocycles. The number of nitrogens with one attached hydrogen (secondary N) is 2. The van der Waals surface area contributed by atoms with E-state index in [0.717, 1.165) is 25.7 Å². The van der Waals surface area contributed by atoms with Crippen molar-refractivity contribution in [3.05, 3.63) is 72.0 Å². The first-order chi connectivity index (χ1) is 13.3. The van der Waals surface area contributed by atoms with Gasteiger partial charge in [0.1, 0.15) is 11.6 Å². The Morgan fingerprint density at radius 1 is 1.29 bits per heavy atom. The fraction of sp³-hybridized carbons (Fsp3) is 0.318. The summed E-state index contributed by atoms with van der Waals surface area (Å²) in [5.41, 5.74) is 13.3. The van der Waals surface area contributed by atoms with Gasteiger partial charge in [0.05, 0.1) is 16.9 Å². The lowest BCUT2D eigenvalue weighted by molar-refractivity contribution is 0.520. The molecule has 0 saturated heterocycles. The number of hydrogen-bond acceptors (Lipinski definition) is 4. The van der Waals surface area contributed by atoms with E-state index in [0.29, 0.717) is 17.7 Å². The summed E-state index contributed by atoms with van der Waals surface area (Å²) in [4.78, 5) is 0. The molecule has 1 aromatic carbocycles. The highest BCUT2D eigenvalue weighted by molar-refractivity contribution is 6.10. The van der Waals surface area contributed by atoms with Crippen LogP contribution in [0.5, 0.6) is 0 Å². The van der Waals surface area contributed by atoms with Crippen LogP contribution < -0.4 is 16.8 Å². The monoisotopic (exact) mass is 384 g/mol. The van der Waals surface area contributed by atoms with Gasteiger partial charge in [0.15, 0.2) is 0 Å². The number of nitrogen functional groups attached to an aromatic ring is 1. The van der Waals surface area contributed by atoms with E-state index < -0.39 is 11.4 Å². The van der Waals surface area contributed by atoms with Crippen molar-refractivity contribution in [1.82, 2.24) is 0 Å². The van der Waals surface area contributed by atoms with E-state index in [1.165, 1.54) is 24.3 Å². The van der Waals surface area contributed by atoms with E-state index in [9.17, 15) is 8.78 Å². The minimum Gasteiger partial charge on any atom is -0.398 e. The molecule has 0 spiro atoms. The Morgan fingerprint density at radius 2 is 2.00 bits per heavy atom. The van der Waals surface area contributed by atoms with Crippen LogP contribution in [0.3, 0.4) is 0 Å². The van der Waals surface area contributed by atoms with Crippen molar-refractivity contribution in [2.24, 2.45) is 11.7 Å². The second-order valence-corrected chi connectivity index (χ2v) is 7.51. The molecule has 4 nitrogen and oxygen atoms in total. The van der Waals surface area contributed by atoms with Crippen molar-refractivity contribution >= 4 is 17.1 Å². The fourth-order valence-electron chi connectivity index (χ4n) is 3.58. The molecule has 1 aromatic rings. The zero-order valence-electron chi connectivity index (χ0n) is 15.8. The zero-order chi connectivity index (χ0) is 20.3.